The Kier molecular flexibility index (Phi) is 32.0. The average Bonchev–Trinajstić information content (AvgIpc) is 2.97. The number of aliphatic hydroxyl groups is 2. The van der Waals surface area contributed by atoms with E-state index in [1.54, 1.807) is 36.4 Å². The van der Waals surface area contributed by atoms with Crippen LogP contribution in [-0.4, -0.2) is 66.2 Å². The van der Waals surface area contributed by atoms with E-state index >= 15 is 0 Å². The van der Waals surface area contributed by atoms with E-state index in [9.17, 15) is 10.2 Å². The van der Waals surface area contributed by atoms with E-state index in [2.05, 4.69) is 15.0 Å². The Labute approximate surface area is 303 Å². The quantitative estimate of drug-likeness (QED) is 0.111. The van der Waals surface area contributed by atoms with Crippen LogP contribution in [0.25, 0.3) is 0 Å². The Morgan fingerprint density at radius 2 is 1.00 bits per heavy atom. The fourth-order valence-electron chi connectivity index (χ4n) is 2.77. The van der Waals surface area contributed by atoms with Crippen LogP contribution in [0.2, 0.25) is 0 Å². The molecule has 3 rings (SSSR count). The first-order chi connectivity index (χ1) is 20.1. The zero-order valence-corrected chi connectivity index (χ0v) is 26.0. The van der Waals surface area contributed by atoms with Crippen molar-refractivity contribution in [2.75, 3.05) is 28.4 Å². The van der Waals surface area contributed by atoms with Gasteiger partial charge in [-0.3, -0.25) is 15.0 Å². The minimum atomic E-state index is -1.75. The zero-order valence-electron chi connectivity index (χ0n) is 24.2. The van der Waals surface area contributed by atoms with E-state index in [-0.39, 0.29) is 88.8 Å². The van der Waals surface area contributed by atoms with E-state index in [1.807, 2.05) is 18.2 Å². The molecule has 2 aromatic carbocycles. The normalized spacial score (nSPS) is 9.05. The maximum atomic E-state index is 12.1. The molecule has 0 aliphatic carbocycles. The summed E-state index contributed by atoms with van der Waals surface area (Å²) in [4.78, 5) is 29.6. The van der Waals surface area contributed by atoms with Gasteiger partial charge in [-0.15, -0.1) is 0 Å². The number of aliphatic hydroxyl groups excluding tert-OH is 2. The van der Waals surface area contributed by atoms with Crippen molar-refractivity contribution >= 4 is 12.4 Å². The Morgan fingerprint density at radius 3 is 1.30 bits per heavy atom. The van der Waals surface area contributed by atoms with Gasteiger partial charge >= 0.3 is 65.8 Å². The molecule has 19 heteroatoms. The van der Waals surface area contributed by atoms with Crippen LogP contribution in [0.4, 0.5) is 0 Å². The first-order valence-corrected chi connectivity index (χ1v) is 11.2. The molecule has 241 valence electrons. The second kappa shape index (κ2) is 29.6. The van der Waals surface area contributed by atoms with E-state index in [0.717, 1.165) is 25.6 Å². The number of hydrogen-bond acceptors (Lipinski definition) is 15. The molecule has 17 nitrogen and oxygen atoms in total. The predicted molar refractivity (Wildman–Crippen MR) is 149 cm³/mol. The van der Waals surface area contributed by atoms with Gasteiger partial charge in [-0.25, -0.2) is 0 Å². The van der Waals surface area contributed by atoms with Gasteiger partial charge in [0.25, 0.3) is 0 Å². The number of benzene rings is 2. The van der Waals surface area contributed by atoms with Crippen molar-refractivity contribution < 1.29 is 106 Å². The van der Waals surface area contributed by atoms with Crippen molar-refractivity contribution in [3.8, 4) is 23.0 Å². The summed E-state index contributed by atoms with van der Waals surface area (Å²) in [6.45, 7) is 0.656. The molecule has 0 aliphatic heterocycles. The maximum Gasteiger partial charge on any atom is 3.00 e. The molecule has 0 unspecified atom stereocenters. The summed E-state index contributed by atoms with van der Waals surface area (Å²) in [5.41, 5.74) is 2.42. The minimum Gasteiger partial charge on any atom is -0.870 e. The number of rotatable bonds is 8. The fraction of sp³-hybridized carbons (Fsp3) is 0.240. The topological polar surface area (TPSA) is 275 Å². The number of aromatic nitrogens is 1. The van der Waals surface area contributed by atoms with Gasteiger partial charge in [0.1, 0.15) is 11.5 Å². The zero-order chi connectivity index (χ0) is 32.5. The second-order valence-corrected chi connectivity index (χ2v) is 6.76. The Hall–Kier alpha value is -3.43. The van der Waals surface area contributed by atoms with Gasteiger partial charge in [-0.2, -0.15) is 0 Å². The molecule has 0 amide bonds. The number of pyridine rings is 1. The first kappa shape index (κ1) is 47.5. The largest absolute Gasteiger partial charge is 3.00 e. The third-order valence-electron chi connectivity index (χ3n) is 4.29. The Bertz CT molecular complexity index is 1190. The van der Waals surface area contributed by atoms with Crippen molar-refractivity contribution in [2.24, 2.45) is 9.98 Å². The van der Waals surface area contributed by atoms with Crippen LogP contribution in [0, 0.1) is 77.6 Å². The summed E-state index contributed by atoms with van der Waals surface area (Å²) in [5, 5.41) is 67.7. The summed E-state index contributed by atoms with van der Waals surface area (Å²) in [6.07, 6.45) is 3.05. The Balaban J connectivity index is -0.000000497. The van der Waals surface area contributed by atoms with Crippen LogP contribution in [0.5, 0.6) is 23.0 Å². The van der Waals surface area contributed by atoms with Crippen LogP contribution >= 0.6 is 0 Å². The van der Waals surface area contributed by atoms with Crippen molar-refractivity contribution in [3.63, 3.8) is 0 Å². The molecule has 0 aliphatic rings. The predicted octanol–water partition coefficient (Wildman–Crippen LogP) is -1.77. The van der Waals surface area contributed by atoms with E-state index < -0.39 is 10.2 Å². The van der Waals surface area contributed by atoms with Gasteiger partial charge in [0.2, 0.25) is 0 Å². The van der Waals surface area contributed by atoms with Gasteiger partial charge in [-0.05, 0) is 35.4 Å². The van der Waals surface area contributed by atoms with Crippen LogP contribution in [0.1, 0.15) is 22.5 Å². The van der Waals surface area contributed by atoms with Crippen molar-refractivity contribution in [1.29, 1.82) is 0 Å². The summed E-state index contributed by atoms with van der Waals surface area (Å²) < 4.78 is 10.1. The second-order valence-electron chi connectivity index (χ2n) is 6.76. The minimum absolute atomic E-state index is 0. The van der Waals surface area contributed by atoms with Gasteiger partial charge in [0.05, 0.1) is 48.9 Å². The van der Waals surface area contributed by atoms with E-state index in [4.69, 9.17) is 50.3 Å². The van der Waals surface area contributed by atoms with Gasteiger partial charge < -0.3 is 60.5 Å². The molecule has 1 radical (unpaired) electrons. The van der Waals surface area contributed by atoms with Crippen molar-refractivity contribution in [2.45, 2.75) is 13.1 Å². The smallest absolute Gasteiger partial charge is 0.870 e. The maximum absolute atomic E-state index is 12.1. The fourth-order valence-corrected chi connectivity index (χ4v) is 2.77. The monoisotopic (exact) mass is 772 g/mol. The molecule has 3 aromatic rings. The molecular formula is C25H29LiN5O12Yb. The molecule has 0 saturated carbocycles. The number of aliphatic imine (C=N–C) groups is 2. The van der Waals surface area contributed by atoms with Crippen LogP contribution in [0.15, 0.2) is 64.6 Å². The summed E-state index contributed by atoms with van der Waals surface area (Å²) in [5.74, 6) is 0.175. The number of hydrogen-bond donors (Lipinski definition) is 2. The first-order valence-electron chi connectivity index (χ1n) is 11.2. The molecule has 1 heterocycles. The molecule has 2 N–H and O–H groups in total. The number of para-hydroxylation sites is 2. The van der Waals surface area contributed by atoms with Gasteiger partial charge in [0.15, 0.2) is 0 Å². The van der Waals surface area contributed by atoms with Gasteiger partial charge in [0, 0.05) is 26.6 Å². The van der Waals surface area contributed by atoms with Crippen LogP contribution < -0.4 is 38.5 Å². The number of methoxy groups -OCH3 is 2. The average molecular weight is 772 g/mol. The number of nitrogens with zero attached hydrogens (tertiary/aromatic N) is 5. The molecule has 44 heavy (non-hydrogen) atoms. The number of ether oxygens (including phenoxy) is 2. The van der Waals surface area contributed by atoms with Crippen molar-refractivity contribution in [1.82, 2.24) is 4.98 Å². The molecule has 0 bridgehead atoms. The van der Waals surface area contributed by atoms with Crippen molar-refractivity contribution in [3.05, 3.63) is 108 Å². The molecule has 0 atom stereocenters. The molecule has 0 spiro atoms. The van der Waals surface area contributed by atoms with Crippen LogP contribution in [-0.2, 0) is 13.1 Å². The Morgan fingerprint density at radius 1 is 0.705 bits per heavy atom. The molecule has 0 fully saturated rings. The van der Waals surface area contributed by atoms with Gasteiger partial charge in [-0.1, -0.05) is 41.8 Å². The third kappa shape index (κ3) is 21.3. The third-order valence-corrected chi connectivity index (χ3v) is 4.29. The van der Waals surface area contributed by atoms with Crippen LogP contribution in [0.3, 0.4) is 0 Å². The van der Waals surface area contributed by atoms with E-state index in [1.165, 1.54) is 26.6 Å². The summed E-state index contributed by atoms with van der Waals surface area (Å²) in [7, 11) is 4.92. The SMILES string of the molecule is CO.CO.COc1cccc(C=NCc2cccc(CN=Cc3cccc(OC)c3[O-])n2)c1[O-].O=[N+]([O-])[O-].O=[N+]([O-])[O-].[Li+].[Yb+3]. The van der Waals surface area contributed by atoms with E-state index in [0.29, 0.717) is 24.2 Å². The standard InChI is InChI=1S/C23H23N3O4.2CH4O.Li.2NO3.Yb/c1-29-20-10-3-6-16(22(20)27)12-24-14-18-8-5-9-19(26-18)15-25-13-17-7-4-11-21(30-2)23(17)28;2*1-2;;2*2-1(3)4;/h3-13,27-28H,14-15H2,1-2H3;2*2H,1H3;;;;/q;;;+1;2*-1;+3/p-2. The summed E-state index contributed by atoms with van der Waals surface area (Å²) >= 11 is 0. The molecule has 1 aromatic heterocycles. The summed E-state index contributed by atoms with van der Waals surface area (Å²) in [6, 6.07) is 15.7. The molecular weight excluding hydrogens is 742 g/mol. The molecule has 0 saturated heterocycles.